The van der Waals surface area contributed by atoms with Crippen molar-refractivity contribution < 1.29 is 19.1 Å². The van der Waals surface area contributed by atoms with Gasteiger partial charge in [-0.05, 0) is 82.5 Å². The second kappa shape index (κ2) is 11.6. The molecule has 0 radical (unpaired) electrons. The molecule has 2 rings (SSSR count). The SMILES string of the molecule is CC(C)(C)OC(=O)NCCCC/C=C/C(=O)Nc1ccc(Oc2cccc(N)c2)cc1. The largest absolute Gasteiger partial charge is 0.457 e. The Morgan fingerprint density at radius 2 is 1.77 bits per heavy atom. The lowest BCUT2D eigenvalue weighted by molar-refractivity contribution is -0.111. The van der Waals surface area contributed by atoms with E-state index in [4.69, 9.17) is 15.2 Å². The van der Waals surface area contributed by atoms with Crippen LogP contribution in [0, 0.1) is 0 Å². The zero-order chi connectivity index (χ0) is 22.7. The highest BCUT2D eigenvalue weighted by molar-refractivity contribution is 5.99. The van der Waals surface area contributed by atoms with Gasteiger partial charge < -0.3 is 25.8 Å². The minimum absolute atomic E-state index is 0.198. The Balaban J connectivity index is 1.64. The van der Waals surface area contributed by atoms with E-state index in [1.54, 1.807) is 36.4 Å². The number of hydrogen-bond donors (Lipinski definition) is 3. The number of carbonyl (C=O) groups excluding carboxylic acids is 2. The lowest BCUT2D eigenvalue weighted by atomic mass is 10.2. The Hall–Kier alpha value is -3.48. The van der Waals surface area contributed by atoms with Crippen molar-refractivity contribution in [3.63, 3.8) is 0 Å². The number of nitrogen functional groups attached to an aromatic ring is 1. The van der Waals surface area contributed by atoms with E-state index in [2.05, 4.69) is 10.6 Å². The molecule has 7 heteroatoms. The van der Waals surface area contributed by atoms with Gasteiger partial charge in [-0.1, -0.05) is 12.1 Å². The zero-order valence-corrected chi connectivity index (χ0v) is 18.3. The van der Waals surface area contributed by atoms with E-state index in [1.807, 2.05) is 39.0 Å². The third-order valence-electron chi connectivity index (χ3n) is 3.95. The second-order valence-corrected chi connectivity index (χ2v) is 8.01. The van der Waals surface area contributed by atoms with Crippen LogP contribution in [0.2, 0.25) is 0 Å². The normalized spacial score (nSPS) is 11.2. The Bertz CT molecular complexity index is 886. The molecule has 7 nitrogen and oxygen atoms in total. The standard InChI is InChI=1S/C24H31N3O4/c1-24(2,3)31-23(29)26-16-7-5-4-6-11-22(28)27-19-12-14-20(15-13-19)30-21-10-8-9-18(25)17-21/h6,8-15,17H,4-5,7,16,25H2,1-3H3,(H,26,29)(H,27,28)/b11-6+. The summed E-state index contributed by atoms with van der Waals surface area (Å²) in [6.07, 6.45) is 5.33. The molecule has 0 fully saturated rings. The van der Waals surface area contributed by atoms with Crippen molar-refractivity contribution in [2.75, 3.05) is 17.6 Å². The lowest BCUT2D eigenvalue weighted by Gasteiger charge is -2.19. The monoisotopic (exact) mass is 425 g/mol. The highest BCUT2D eigenvalue weighted by Gasteiger charge is 2.15. The first-order valence-electron chi connectivity index (χ1n) is 10.3. The average molecular weight is 426 g/mol. The summed E-state index contributed by atoms with van der Waals surface area (Å²) < 4.78 is 10.9. The Morgan fingerprint density at radius 3 is 2.45 bits per heavy atom. The van der Waals surface area contributed by atoms with E-state index >= 15 is 0 Å². The van der Waals surface area contributed by atoms with Crippen molar-refractivity contribution >= 4 is 23.4 Å². The van der Waals surface area contributed by atoms with E-state index in [9.17, 15) is 9.59 Å². The van der Waals surface area contributed by atoms with Crippen LogP contribution in [-0.2, 0) is 9.53 Å². The number of allylic oxidation sites excluding steroid dienone is 1. The number of nitrogens with two attached hydrogens (primary N) is 1. The maximum atomic E-state index is 12.0. The first kappa shape index (κ1) is 23.8. The smallest absolute Gasteiger partial charge is 0.407 e. The van der Waals surface area contributed by atoms with Crippen LogP contribution in [0.3, 0.4) is 0 Å². The molecule has 0 saturated heterocycles. The third kappa shape index (κ3) is 10.2. The highest BCUT2D eigenvalue weighted by atomic mass is 16.6. The predicted octanol–water partition coefficient (Wildman–Crippen LogP) is 5.25. The molecule has 0 unspecified atom stereocenters. The van der Waals surface area contributed by atoms with Gasteiger partial charge in [0.1, 0.15) is 17.1 Å². The van der Waals surface area contributed by atoms with Gasteiger partial charge in [0.25, 0.3) is 0 Å². The van der Waals surface area contributed by atoms with Crippen molar-refractivity contribution in [1.29, 1.82) is 0 Å². The predicted molar refractivity (Wildman–Crippen MR) is 123 cm³/mol. The van der Waals surface area contributed by atoms with Crippen molar-refractivity contribution in [1.82, 2.24) is 5.32 Å². The van der Waals surface area contributed by atoms with Gasteiger partial charge in [0.2, 0.25) is 5.91 Å². The zero-order valence-electron chi connectivity index (χ0n) is 18.3. The Labute approximate surface area is 183 Å². The van der Waals surface area contributed by atoms with Crippen LogP contribution < -0.4 is 21.1 Å². The number of nitrogens with one attached hydrogen (secondary N) is 2. The van der Waals surface area contributed by atoms with E-state index in [1.165, 1.54) is 6.08 Å². The summed E-state index contributed by atoms with van der Waals surface area (Å²) in [6, 6.07) is 14.3. The summed E-state index contributed by atoms with van der Waals surface area (Å²) in [5.41, 5.74) is 6.55. The molecule has 2 aromatic carbocycles. The molecule has 0 spiro atoms. The molecule has 0 aliphatic rings. The van der Waals surface area contributed by atoms with Crippen LogP contribution in [-0.4, -0.2) is 24.1 Å². The fourth-order valence-corrected chi connectivity index (χ4v) is 2.59. The van der Waals surface area contributed by atoms with Gasteiger partial charge in [-0.15, -0.1) is 0 Å². The number of ether oxygens (including phenoxy) is 2. The second-order valence-electron chi connectivity index (χ2n) is 8.01. The molecule has 0 aliphatic carbocycles. The minimum atomic E-state index is -0.496. The van der Waals surface area contributed by atoms with Gasteiger partial charge in [0.15, 0.2) is 0 Å². The van der Waals surface area contributed by atoms with Crippen molar-refractivity contribution in [2.24, 2.45) is 0 Å². The summed E-state index contributed by atoms with van der Waals surface area (Å²) in [6.45, 7) is 6.02. The molecule has 31 heavy (non-hydrogen) atoms. The van der Waals surface area contributed by atoms with Crippen LogP contribution in [0.25, 0.3) is 0 Å². The summed E-state index contributed by atoms with van der Waals surface area (Å²) in [4.78, 5) is 23.5. The molecule has 0 heterocycles. The number of benzene rings is 2. The lowest BCUT2D eigenvalue weighted by Crippen LogP contribution is -2.32. The van der Waals surface area contributed by atoms with E-state index in [-0.39, 0.29) is 5.91 Å². The van der Waals surface area contributed by atoms with Crippen LogP contribution in [0.1, 0.15) is 40.0 Å². The summed E-state index contributed by atoms with van der Waals surface area (Å²) in [7, 11) is 0. The van der Waals surface area contributed by atoms with Gasteiger partial charge in [0, 0.05) is 24.0 Å². The molecule has 4 N–H and O–H groups in total. The summed E-state index contributed by atoms with van der Waals surface area (Å²) in [5.74, 6) is 1.11. The highest BCUT2D eigenvalue weighted by Crippen LogP contribution is 2.24. The van der Waals surface area contributed by atoms with Gasteiger partial charge in [-0.25, -0.2) is 4.79 Å². The number of alkyl carbamates (subject to hydrolysis) is 1. The van der Waals surface area contributed by atoms with Crippen molar-refractivity contribution in [3.8, 4) is 11.5 Å². The fourth-order valence-electron chi connectivity index (χ4n) is 2.59. The third-order valence-corrected chi connectivity index (χ3v) is 3.95. The molecule has 0 aromatic heterocycles. The Morgan fingerprint density at radius 1 is 1.03 bits per heavy atom. The molecule has 0 aliphatic heterocycles. The average Bonchev–Trinajstić information content (AvgIpc) is 2.67. The van der Waals surface area contributed by atoms with Crippen LogP contribution in [0.4, 0.5) is 16.2 Å². The minimum Gasteiger partial charge on any atom is -0.457 e. The number of carbonyl (C=O) groups is 2. The molecule has 0 bridgehead atoms. The van der Waals surface area contributed by atoms with E-state index in [0.29, 0.717) is 29.4 Å². The van der Waals surface area contributed by atoms with Gasteiger partial charge >= 0.3 is 6.09 Å². The van der Waals surface area contributed by atoms with Crippen molar-refractivity contribution in [2.45, 2.75) is 45.6 Å². The van der Waals surface area contributed by atoms with Gasteiger partial charge in [-0.2, -0.15) is 0 Å². The quantitative estimate of drug-likeness (QED) is 0.289. The molecular weight excluding hydrogens is 394 g/mol. The number of unbranched alkanes of at least 4 members (excludes halogenated alkanes) is 2. The fraction of sp³-hybridized carbons (Fsp3) is 0.333. The van der Waals surface area contributed by atoms with Gasteiger partial charge in [0.05, 0.1) is 0 Å². The summed E-state index contributed by atoms with van der Waals surface area (Å²) >= 11 is 0. The molecule has 166 valence electrons. The first-order valence-corrected chi connectivity index (χ1v) is 10.3. The Kier molecular flexibility index (Phi) is 8.94. The molecule has 0 atom stereocenters. The molecule has 2 aromatic rings. The number of rotatable bonds is 9. The maximum Gasteiger partial charge on any atom is 0.407 e. The van der Waals surface area contributed by atoms with Crippen LogP contribution >= 0.6 is 0 Å². The topological polar surface area (TPSA) is 103 Å². The van der Waals surface area contributed by atoms with E-state index < -0.39 is 11.7 Å². The van der Waals surface area contributed by atoms with Crippen LogP contribution in [0.5, 0.6) is 11.5 Å². The van der Waals surface area contributed by atoms with Gasteiger partial charge in [-0.3, -0.25) is 4.79 Å². The number of hydrogen-bond acceptors (Lipinski definition) is 5. The first-order chi connectivity index (χ1) is 14.7. The number of anilines is 2. The molecule has 2 amide bonds. The molecule has 0 saturated carbocycles. The summed E-state index contributed by atoms with van der Waals surface area (Å²) in [5, 5.41) is 5.52. The van der Waals surface area contributed by atoms with Crippen LogP contribution in [0.15, 0.2) is 60.7 Å². The maximum absolute atomic E-state index is 12.0. The van der Waals surface area contributed by atoms with E-state index in [0.717, 1.165) is 19.3 Å². The van der Waals surface area contributed by atoms with Crippen molar-refractivity contribution in [3.05, 3.63) is 60.7 Å². The number of amides is 2. The molecular formula is C24H31N3O4.